The van der Waals surface area contributed by atoms with Crippen molar-refractivity contribution in [2.75, 3.05) is 43.2 Å². The average molecular weight is 457 g/mol. The van der Waals surface area contributed by atoms with E-state index < -0.39 is 4.92 Å². The summed E-state index contributed by atoms with van der Waals surface area (Å²) in [7, 11) is 1.52. The first-order valence-electron chi connectivity index (χ1n) is 9.95. The predicted octanol–water partition coefficient (Wildman–Crippen LogP) is 2.85. The predicted molar refractivity (Wildman–Crippen MR) is 119 cm³/mol. The van der Waals surface area contributed by atoms with Gasteiger partial charge in [0.1, 0.15) is 5.75 Å². The van der Waals surface area contributed by atoms with E-state index in [1.807, 2.05) is 9.91 Å². The van der Waals surface area contributed by atoms with Gasteiger partial charge in [0.05, 0.1) is 47.1 Å². The van der Waals surface area contributed by atoms with Gasteiger partial charge in [-0.25, -0.2) is 0 Å². The number of anilines is 1. The number of methoxy groups -OCH3 is 1. The molecule has 166 valence electrons. The number of nitro groups is 1. The molecule has 11 heteroatoms. The smallest absolute Gasteiger partial charge is 0.271 e. The molecule has 2 aromatic carbocycles. The Morgan fingerprint density at radius 2 is 1.88 bits per heavy atom. The second-order valence-corrected chi connectivity index (χ2v) is 7.68. The molecule has 1 fully saturated rings. The lowest BCUT2D eigenvalue weighted by atomic mass is 10.1. The number of rotatable bonds is 6. The summed E-state index contributed by atoms with van der Waals surface area (Å²) in [5.74, 6) is 0.271. The number of benzene rings is 2. The molecule has 0 radical (unpaired) electrons. The minimum absolute atomic E-state index is 0.0463. The first-order valence-corrected chi connectivity index (χ1v) is 10.3. The van der Waals surface area contributed by atoms with E-state index in [0.29, 0.717) is 53.9 Å². The van der Waals surface area contributed by atoms with Crippen LogP contribution in [0, 0.1) is 17.0 Å². The number of aromatic nitrogens is 3. The van der Waals surface area contributed by atoms with E-state index in [0.717, 1.165) is 5.69 Å². The Morgan fingerprint density at radius 1 is 1.16 bits per heavy atom. The first kappa shape index (κ1) is 21.6. The molecule has 0 N–H and O–H groups in total. The van der Waals surface area contributed by atoms with Crippen molar-refractivity contribution in [1.29, 1.82) is 0 Å². The third-order valence-electron chi connectivity index (χ3n) is 5.40. The van der Waals surface area contributed by atoms with E-state index in [4.69, 9.17) is 16.3 Å². The third kappa shape index (κ3) is 3.96. The lowest BCUT2D eigenvalue weighted by molar-refractivity contribution is -0.384. The van der Waals surface area contributed by atoms with Gasteiger partial charge in [0.2, 0.25) is 5.78 Å². The summed E-state index contributed by atoms with van der Waals surface area (Å²) in [6.45, 7) is 4.06. The lowest BCUT2D eigenvalue weighted by Gasteiger charge is -2.37. The fraction of sp³-hybridized carbons (Fsp3) is 0.286. The molecule has 32 heavy (non-hydrogen) atoms. The molecule has 4 rings (SSSR count). The zero-order valence-electron chi connectivity index (χ0n) is 17.6. The molecule has 0 bridgehead atoms. The molecular weight excluding hydrogens is 436 g/mol. The SMILES string of the molecule is COc1ccccc1C(=O)c1c(C)nnn1N1CCN(c2ccc([N+](=O)[O-])cc2Cl)CC1. The van der Waals surface area contributed by atoms with Crippen LogP contribution in [0.1, 0.15) is 21.7 Å². The lowest BCUT2D eigenvalue weighted by Crippen LogP contribution is -2.52. The molecule has 1 aromatic heterocycles. The highest BCUT2D eigenvalue weighted by Gasteiger charge is 2.27. The molecular formula is C21H21ClN6O4. The normalized spacial score (nSPS) is 13.8. The molecule has 0 atom stereocenters. The molecule has 1 saturated heterocycles. The van der Waals surface area contributed by atoms with Gasteiger partial charge in [-0.1, -0.05) is 23.7 Å². The highest BCUT2D eigenvalue weighted by molar-refractivity contribution is 6.33. The molecule has 0 spiro atoms. The topological polar surface area (TPSA) is 107 Å². The number of aryl methyl sites for hydroxylation is 1. The Hall–Kier alpha value is -3.66. The number of non-ortho nitro benzene ring substituents is 1. The van der Waals surface area contributed by atoms with E-state index in [1.165, 1.54) is 19.2 Å². The zero-order valence-corrected chi connectivity index (χ0v) is 18.3. The maximum absolute atomic E-state index is 13.3. The van der Waals surface area contributed by atoms with Gasteiger partial charge in [0.25, 0.3) is 5.69 Å². The molecule has 0 saturated carbocycles. The van der Waals surface area contributed by atoms with Crippen molar-refractivity contribution in [1.82, 2.24) is 15.1 Å². The van der Waals surface area contributed by atoms with Crippen molar-refractivity contribution >= 4 is 28.8 Å². The zero-order chi connectivity index (χ0) is 22.8. The van der Waals surface area contributed by atoms with Crippen molar-refractivity contribution in [2.45, 2.75) is 6.92 Å². The number of ether oxygens (including phenoxy) is 1. The van der Waals surface area contributed by atoms with Crippen LogP contribution in [0.2, 0.25) is 5.02 Å². The number of carbonyl (C=O) groups is 1. The second-order valence-electron chi connectivity index (χ2n) is 7.28. The number of piperazine rings is 1. The molecule has 0 amide bonds. The van der Waals surface area contributed by atoms with Crippen molar-refractivity contribution < 1.29 is 14.5 Å². The van der Waals surface area contributed by atoms with Crippen molar-refractivity contribution in [3.63, 3.8) is 0 Å². The molecule has 10 nitrogen and oxygen atoms in total. The van der Waals surface area contributed by atoms with Crippen LogP contribution in [0.4, 0.5) is 11.4 Å². The first-order chi connectivity index (χ1) is 15.4. The van der Waals surface area contributed by atoms with Gasteiger partial charge in [-0.15, -0.1) is 5.10 Å². The number of carbonyl (C=O) groups excluding carboxylic acids is 1. The van der Waals surface area contributed by atoms with Crippen LogP contribution in [-0.2, 0) is 0 Å². The van der Waals surface area contributed by atoms with E-state index in [-0.39, 0.29) is 11.5 Å². The number of halogens is 1. The number of hydrogen-bond donors (Lipinski definition) is 0. The summed E-state index contributed by atoms with van der Waals surface area (Å²) >= 11 is 6.28. The fourth-order valence-electron chi connectivity index (χ4n) is 3.75. The highest BCUT2D eigenvalue weighted by Crippen LogP contribution is 2.30. The maximum Gasteiger partial charge on any atom is 0.271 e. The van der Waals surface area contributed by atoms with Gasteiger partial charge < -0.3 is 9.64 Å². The average Bonchev–Trinajstić information content (AvgIpc) is 3.19. The minimum atomic E-state index is -0.471. The van der Waals surface area contributed by atoms with Crippen molar-refractivity contribution in [2.24, 2.45) is 0 Å². The van der Waals surface area contributed by atoms with Crippen LogP contribution in [-0.4, -0.2) is 59.1 Å². The molecule has 0 aliphatic carbocycles. The third-order valence-corrected chi connectivity index (χ3v) is 5.70. The van der Waals surface area contributed by atoms with Gasteiger partial charge >= 0.3 is 0 Å². The summed E-state index contributed by atoms with van der Waals surface area (Å²) in [6.07, 6.45) is 0. The van der Waals surface area contributed by atoms with Gasteiger partial charge in [-0.3, -0.25) is 19.9 Å². The van der Waals surface area contributed by atoms with Crippen molar-refractivity contribution in [3.8, 4) is 5.75 Å². The Morgan fingerprint density at radius 3 is 2.53 bits per heavy atom. The van der Waals surface area contributed by atoms with Gasteiger partial charge in [-0.2, -0.15) is 4.79 Å². The van der Waals surface area contributed by atoms with E-state index in [9.17, 15) is 14.9 Å². The van der Waals surface area contributed by atoms with Gasteiger partial charge in [0, 0.05) is 25.2 Å². The summed E-state index contributed by atoms with van der Waals surface area (Å²) in [5, 5.41) is 21.5. The monoisotopic (exact) mass is 456 g/mol. The Bertz CT molecular complexity index is 1170. The van der Waals surface area contributed by atoms with Crippen LogP contribution >= 0.6 is 11.6 Å². The van der Waals surface area contributed by atoms with Gasteiger partial charge in [0.15, 0.2) is 5.69 Å². The summed E-state index contributed by atoms with van der Waals surface area (Å²) in [6, 6.07) is 11.5. The molecule has 3 aromatic rings. The second kappa shape index (κ2) is 8.83. The van der Waals surface area contributed by atoms with E-state index >= 15 is 0 Å². The van der Waals surface area contributed by atoms with Crippen LogP contribution in [0.5, 0.6) is 5.75 Å². The van der Waals surface area contributed by atoms with Crippen LogP contribution < -0.4 is 14.6 Å². The van der Waals surface area contributed by atoms with E-state index in [1.54, 1.807) is 42.0 Å². The standard InChI is InChI=1S/C21H21ClN6O4/c1-14-20(21(29)16-5-3-4-6-19(16)32-2)27(24-23-14)26-11-9-25(10-12-26)18-8-7-15(28(30)31)13-17(18)22/h3-8,13H,9-12H2,1-2H3. The largest absolute Gasteiger partial charge is 0.496 e. The quantitative estimate of drug-likeness (QED) is 0.316. The Labute approximate surface area is 189 Å². The number of para-hydroxylation sites is 1. The molecule has 1 aliphatic heterocycles. The highest BCUT2D eigenvalue weighted by atomic mass is 35.5. The van der Waals surface area contributed by atoms with Crippen LogP contribution in [0.3, 0.4) is 0 Å². The summed E-state index contributed by atoms with van der Waals surface area (Å²) < 4.78 is 5.34. The molecule has 1 aliphatic rings. The van der Waals surface area contributed by atoms with Crippen LogP contribution in [0.25, 0.3) is 0 Å². The summed E-state index contributed by atoms with van der Waals surface area (Å²) in [4.78, 5) is 27.4. The van der Waals surface area contributed by atoms with Gasteiger partial charge in [-0.05, 0) is 30.3 Å². The number of hydrogen-bond acceptors (Lipinski definition) is 8. The number of nitrogens with zero attached hydrogens (tertiary/aromatic N) is 6. The number of nitro benzene ring substituents is 1. The van der Waals surface area contributed by atoms with E-state index in [2.05, 4.69) is 10.3 Å². The minimum Gasteiger partial charge on any atom is -0.496 e. The Kier molecular flexibility index (Phi) is 5.95. The maximum atomic E-state index is 13.3. The summed E-state index contributed by atoms with van der Waals surface area (Å²) in [5.41, 5.74) is 2.04. The van der Waals surface area contributed by atoms with Crippen LogP contribution in [0.15, 0.2) is 42.5 Å². The Balaban J connectivity index is 1.54. The fourth-order valence-corrected chi connectivity index (χ4v) is 4.05. The molecule has 2 heterocycles. The van der Waals surface area contributed by atoms with Crippen molar-refractivity contribution in [3.05, 3.63) is 74.6 Å². The number of ketones is 1. The molecule has 0 unspecified atom stereocenters.